The number of rotatable bonds is 6. The van der Waals surface area contributed by atoms with Gasteiger partial charge in [0.2, 0.25) is 0 Å². The lowest BCUT2D eigenvalue weighted by Gasteiger charge is -2.33. The lowest BCUT2D eigenvalue weighted by atomic mass is 10.1. The zero-order valence-corrected chi connectivity index (χ0v) is 16.4. The first kappa shape index (κ1) is 18.5. The van der Waals surface area contributed by atoms with Crippen LogP contribution in [0, 0.1) is 6.92 Å². The number of methoxy groups -OCH3 is 1. The van der Waals surface area contributed by atoms with E-state index in [2.05, 4.69) is 20.2 Å². The molecule has 148 valence electrons. The lowest BCUT2D eigenvalue weighted by molar-refractivity contribution is 0.0949. The molecule has 0 radical (unpaired) electrons. The Bertz CT molecular complexity index is 845. The fourth-order valence-corrected chi connectivity index (χ4v) is 3.40. The van der Waals surface area contributed by atoms with Gasteiger partial charge in [0, 0.05) is 49.3 Å². The summed E-state index contributed by atoms with van der Waals surface area (Å²) in [5.74, 6) is 2.19. The minimum absolute atomic E-state index is 0.0519. The number of piperidine rings is 1. The van der Waals surface area contributed by atoms with E-state index in [-0.39, 0.29) is 12.0 Å². The maximum Gasteiger partial charge on any atom is 0.251 e. The van der Waals surface area contributed by atoms with E-state index in [9.17, 15) is 4.79 Å². The standard InChI is InChI=1S/C21H26N4O3/c1-14-11-20(23-13-22-14)25-9-7-17(8-10-25)28-19-12-15(3-6-18(19)27-2)21(26)24-16-4-5-16/h3,6,11-13,16-17H,4-5,7-10H2,1-2H3,(H,24,26). The Kier molecular flexibility index (Phi) is 5.32. The van der Waals surface area contributed by atoms with E-state index in [1.54, 1.807) is 31.6 Å². The fraction of sp³-hybridized carbons (Fsp3) is 0.476. The van der Waals surface area contributed by atoms with Gasteiger partial charge in [-0.2, -0.15) is 0 Å². The SMILES string of the molecule is COc1ccc(C(=O)NC2CC2)cc1OC1CCN(c2cc(C)ncn2)CC1. The number of nitrogens with zero attached hydrogens (tertiary/aromatic N) is 3. The zero-order valence-electron chi connectivity index (χ0n) is 16.4. The molecule has 7 heteroatoms. The van der Waals surface area contributed by atoms with Crippen LogP contribution in [0.25, 0.3) is 0 Å². The molecule has 28 heavy (non-hydrogen) atoms. The number of amides is 1. The predicted molar refractivity (Wildman–Crippen MR) is 106 cm³/mol. The first-order chi connectivity index (χ1) is 13.6. The Labute approximate surface area is 165 Å². The second-order valence-corrected chi connectivity index (χ2v) is 7.44. The van der Waals surface area contributed by atoms with Crippen molar-refractivity contribution < 1.29 is 14.3 Å². The normalized spacial score (nSPS) is 17.3. The number of ether oxygens (including phenoxy) is 2. The van der Waals surface area contributed by atoms with E-state index in [1.165, 1.54) is 0 Å². The molecule has 2 fully saturated rings. The highest BCUT2D eigenvalue weighted by atomic mass is 16.5. The van der Waals surface area contributed by atoms with Crippen molar-refractivity contribution in [2.45, 2.75) is 44.8 Å². The van der Waals surface area contributed by atoms with Crippen molar-refractivity contribution in [1.29, 1.82) is 0 Å². The van der Waals surface area contributed by atoms with Crippen LogP contribution in [0.15, 0.2) is 30.6 Å². The highest BCUT2D eigenvalue weighted by Crippen LogP contribution is 2.31. The average molecular weight is 382 g/mol. The van der Waals surface area contributed by atoms with Gasteiger partial charge >= 0.3 is 0 Å². The van der Waals surface area contributed by atoms with Gasteiger partial charge in [0.05, 0.1) is 7.11 Å². The van der Waals surface area contributed by atoms with Crippen LogP contribution in [0.4, 0.5) is 5.82 Å². The van der Waals surface area contributed by atoms with E-state index >= 15 is 0 Å². The monoisotopic (exact) mass is 382 g/mol. The van der Waals surface area contributed by atoms with Gasteiger partial charge in [0.15, 0.2) is 11.5 Å². The fourth-order valence-electron chi connectivity index (χ4n) is 3.40. The molecule has 0 atom stereocenters. The molecule has 1 N–H and O–H groups in total. The Morgan fingerprint density at radius 2 is 1.89 bits per heavy atom. The molecule has 1 aromatic carbocycles. The molecule has 4 rings (SSSR count). The number of carbonyl (C=O) groups excluding carboxylic acids is 1. The smallest absolute Gasteiger partial charge is 0.251 e. The molecule has 2 aliphatic rings. The number of hydrogen-bond acceptors (Lipinski definition) is 6. The van der Waals surface area contributed by atoms with Crippen molar-refractivity contribution in [2.24, 2.45) is 0 Å². The zero-order chi connectivity index (χ0) is 19.5. The summed E-state index contributed by atoms with van der Waals surface area (Å²) in [5, 5.41) is 3.01. The summed E-state index contributed by atoms with van der Waals surface area (Å²) < 4.78 is 11.7. The van der Waals surface area contributed by atoms with Crippen molar-refractivity contribution in [3.63, 3.8) is 0 Å². The molecule has 0 spiro atoms. The highest BCUT2D eigenvalue weighted by molar-refractivity contribution is 5.95. The number of carbonyl (C=O) groups is 1. The first-order valence-electron chi connectivity index (χ1n) is 9.81. The molecule has 2 aromatic rings. The summed E-state index contributed by atoms with van der Waals surface area (Å²) in [6.45, 7) is 3.70. The van der Waals surface area contributed by atoms with E-state index in [0.29, 0.717) is 23.1 Å². The van der Waals surface area contributed by atoms with E-state index in [0.717, 1.165) is 50.3 Å². The van der Waals surface area contributed by atoms with Crippen molar-refractivity contribution in [3.05, 3.63) is 41.9 Å². The maximum atomic E-state index is 12.3. The number of nitrogens with one attached hydrogen (secondary N) is 1. The number of hydrogen-bond donors (Lipinski definition) is 1. The number of aryl methyl sites for hydroxylation is 1. The van der Waals surface area contributed by atoms with Crippen molar-refractivity contribution in [3.8, 4) is 11.5 Å². The van der Waals surface area contributed by atoms with Crippen LogP contribution in [0.3, 0.4) is 0 Å². The maximum absolute atomic E-state index is 12.3. The largest absolute Gasteiger partial charge is 0.493 e. The van der Waals surface area contributed by atoms with Crippen LogP contribution in [0.1, 0.15) is 41.7 Å². The Morgan fingerprint density at radius 1 is 1.11 bits per heavy atom. The molecule has 1 aliphatic carbocycles. The van der Waals surface area contributed by atoms with Gasteiger partial charge in [-0.1, -0.05) is 0 Å². The van der Waals surface area contributed by atoms with E-state index in [1.807, 2.05) is 13.0 Å². The quantitative estimate of drug-likeness (QED) is 0.828. The van der Waals surface area contributed by atoms with Gasteiger partial charge in [0.1, 0.15) is 18.2 Å². The van der Waals surface area contributed by atoms with Crippen LogP contribution in [0.5, 0.6) is 11.5 Å². The second kappa shape index (κ2) is 8.04. The van der Waals surface area contributed by atoms with E-state index < -0.39 is 0 Å². The van der Waals surface area contributed by atoms with Gasteiger partial charge in [-0.3, -0.25) is 4.79 Å². The molecular formula is C21H26N4O3. The van der Waals surface area contributed by atoms with Crippen molar-refractivity contribution >= 4 is 11.7 Å². The van der Waals surface area contributed by atoms with Crippen LogP contribution in [-0.2, 0) is 0 Å². The minimum Gasteiger partial charge on any atom is -0.493 e. The number of anilines is 1. The molecule has 2 heterocycles. The lowest BCUT2D eigenvalue weighted by Crippen LogP contribution is -2.38. The summed E-state index contributed by atoms with van der Waals surface area (Å²) in [4.78, 5) is 23.1. The number of aromatic nitrogens is 2. The van der Waals surface area contributed by atoms with Crippen molar-refractivity contribution in [1.82, 2.24) is 15.3 Å². The molecule has 1 aromatic heterocycles. The van der Waals surface area contributed by atoms with Crippen LogP contribution in [-0.4, -0.2) is 48.2 Å². The van der Waals surface area contributed by atoms with E-state index in [4.69, 9.17) is 9.47 Å². The minimum atomic E-state index is -0.0519. The highest BCUT2D eigenvalue weighted by Gasteiger charge is 2.26. The van der Waals surface area contributed by atoms with Gasteiger partial charge in [-0.15, -0.1) is 0 Å². The second-order valence-electron chi connectivity index (χ2n) is 7.44. The number of benzene rings is 1. The molecule has 1 saturated heterocycles. The molecule has 0 unspecified atom stereocenters. The Hall–Kier alpha value is -2.83. The summed E-state index contributed by atoms with van der Waals surface area (Å²) in [5.41, 5.74) is 1.57. The summed E-state index contributed by atoms with van der Waals surface area (Å²) in [6, 6.07) is 7.70. The molecule has 1 saturated carbocycles. The van der Waals surface area contributed by atoms with Crippen LogP contribution < -0.4 is 19.7 Å². The third kappa shape index (κ3) is 4.35. The first-order valence-corrected chi connectivity index (χ1v) is 9.81. The van der Waals surface area contributed by atoms with Crippen LogP contribution >= 0.6 is 0 Å². The van der Waals surface area contributed by atoms with Crippen molar-refractivity contribution in [2.75, 3.05) is 25.1 Å². The van der Waals surface area contributed by atoms with Gasteiger partial charge in [-0.05, 0) is 38.0 Å². The summed E-state index contributed by atoms with van der Waals surface area (Å²) >= 11 is 0. The third-order valence-corrected chi connectivity index (χ3v) is 5.19. The predicted octanol–water partition coefficient (Wildman–Crippen LogP) is 2.73. The molecule has 1 amide bonds. The topological polar surface area (TPSA) is 76.6 Å². The third-order valence-electron chi connectivity index (χ3n) is 5.19. The molecule has 1 aliphatic heterocycles. The summed E-state index contributed by atoms with van der Waals surface area (Å²) in [7, 11) is 1.62. The summed E-state index contributed by atoms with van der Waals surface area (Å²) in [6.07, 6.45) is 5.58. The average Bonchev–Trinajstić information content (AvgIpc) is 3.52. The van der Waals surface area contributed by atoms with Gasteiger partial charge < -0.3 is 19.7 Å². The molecule has 0 bridgehead atoms. The molecule has 7 nitrogen and oxygen atoms in total. The molecular weight excluding hydrogens is 356 g/mol. The van der Waals surface area contributed by atoms with Crippen LogP contribution in [0.2, 0.25) is 0 Å². The van der Waals surface area contributed by atoms with Gasteiger partial charge in [0.25, 0.3) is 5.91 Å². The Morgan fingerprint density at radius 3 is 2.57 bits per heavy atom. The Balaban J connectivity index is 1.40. The van der Waals surface area contributed by atoms with Gasteiger partial charge in [-0.25, -0.2) is 9.97 Å².